The summed E-state index contributed by atoms with van der Waals surface area (Å²) in [7, 11) is 0. The van der Waals surface area contributed by atoms with Gasteiger partial charge < -0.3 is 11.1 Å². The molecule has 3 N–H and O–H groups in total. The second-order valence-electron chi connectivity index (χ2n) is 4.27. The first-order valence-electron chi connectivity index (χ1n) is 5.47. The molecular weight excluding hydrogens is 206 g/mol. The lowest BCUT2D eigenvalue weighted by Gasteiger charge is -2.17. The van der Waals surface area contributed by atoms with Crippen LogP contribution < -0.4 is 11.1 Å². The van der Waals surface area contributed by atoms with Crippen molar-refractivity contribution < 1.29 is 0 Å². The van der Waals surface area contributed by atoms with Gasteiger partial charge in [0.15, 0.2) is 0 Å². The molecule has 0 saturated heterocycles. The van der Waals surface area contributed by atoms with Crippen molar-refractivity contribution in [1.29, 1.82) is 0 Å². The molecule has 3 nitrogen and oxygen atoms in total. The third-order valence-electron chi connectivity index (χ3n) is 2.69. The highest BCUT2D eigenvalue weighted by Crippen LogP contribution is 2.16. The van der Waals surface area contributed by atoms with Crippen molar-refractivity contribution in [3.63, 3.8) is 0 Å². The van der Waals surface area contributed by atoms with Gasteiger partial charge in [0.05, 0.1) is 5.01 Å². The van der Waals surface area contributed by atoms with Crippen LogP contribution in [0.15, 0.2) is 11.6 Å². The smallest absolute Gasteiger partial charge is 0.0965 e. The van der Waals surface area contributed by atoms with Crippen molar-refractivity contribution in [3.8, 4) is 0 Å². The first kappa shape index (κ1) is 12.6. The Morgan fingerprint density at radius 3 is 2.67 bits per heavy atom. The molecule has 0 aliphatic rings. The third-order valence-corrected chi connectivity index (χ3v) is 3.69. The highest BCUT2D eigenvalue weighted by Gasteiger charge is 2.10. The van der Waals surface area contributed by atoms with E-state index in [-0.39, 0.29) is 6.04 Å². The molecule has 0 amide bonds. The molecule has 0 radical (unpaired) electrons. The molecule has 0 fully saturated rings. The summed E-state index contributed by atoms with van der Waals surface area (Å²) in [4.78, 5) is 4.30. The number of nitrogens with two attached hydrogens (primary N) is 1. The van der Waals surface area contributed by atoms with E-state index < -0.39 is 0 Å². The van der Waals surface area contributed by atoms with Crippen LogP contribution in [0.2, 0.25) is 0 Å². The minimum Gasteiger partial charge on any atom is -0.328 e. The predicted molar refractivity (Wildman–Crippen MR) is 66.2 cm³/mol. The van der Waals surface area contributed by atoms with E-state index in [2.05, 4.69) is 31.1 Å². The number of nitrogens with zero attached hydrogens (tertiary/aromatic N) is 1. The largest absolute Gasteiger partial charge is 0.328 e. The fourth-order valence-electron chi connectivity index (χ4n) is 1.28. The summed E-state index contributed by atoms with van der Waals surface area (Å²) in [6, 6.07) is 0.257. The number of thiazole rings is 1. The van der Waals surface area contributed by atoms with Crippen LogP contribution in [-0.2, 0) is 0 Å². The lowest BCUT2D eigenvalue weighted by molar-refractivity contribution is 0.438. The molecule has 0 aliphatic heterocycles. The molecular formula is C11H21N3S. The second-order valence-corrected chi connectivity index (χ2v) is 5.19. The SMILES string of the molecule is CC(CNCC(C)C(C)N)c1nccs1. The van der Waals surface area contributed by atoms with Crippen LogP contribution >= 0.6 is 11.3 Å². The molecule has 0 spiro atoms. The highest BCUT2D eigenvalue weighted by atomic mass is 32.1. The number of hydrogen-bond acceptors (Lipinski definition) is 4. The fourth-order valence-corrected chi connectivity index (χ4v) is 1.98. The molecule has 1 heterocycles. The van der Waals surface area contributed by atoms with Crippen molar-refractivity contribution in [2.45, 2.75) is 32.7 Å². The summed E-state index contributed by atoms with van der Waals surface area (Å²) in [5.41, 5.74) is 5.80. The lowest BCUT2D eigenvalue weighted by atomic mass is 10.0. The standard InChI is InChI=1S/C11H21N3S/c1-8(10(3)12)6-13-7-9(2)11-14-4-5-15-11/h4-5,8-10,13H,6-7,12H2,1-3H3. The maximum atomic E-state index is 5.80. The zero-order valence-corrected chi connectivity index (χ0v) is 10.6. The first-order chi connectivity index (χ1) is 7.11. The number of aromatic nitrogens is 1. The van der Waals surface area contributed by atoms with Gasteiger partial charge >= 0.3 is 0 Å². The van der Waals surface area contributed by atoms with Crippen molar-refractivity contribution in [2.24, 2.45) is 11.7 Å². The Hall–Kier alpha value is -0.450. The van der Waals surface area contributed by atoms with Crippen LogP contribution in [0, 0.1) is 5.92 Å². The van der Waals surface area contributed by atoms with Gasteiger partial charge in [-0.1, -0.05) is 13.8 Å². The van der Waals surface area contributed by atoms with Crippen molar-refractivity contribution in [1.82, 2.24) is 10.3 Å². The Kier molecular flexibility index (Phi) is 5.22. The first-order valence-corrected chi connectivity index (χ1v) is 6.35. The molecule has 86 valence electrons. The van der Waals surface area contributed by atoms with Gasteiger partial charge in [-0.25, -0.2) is 4.98 Å². The summed E-state index contributed by atoms with van der Waals surface area (Å²) in [6.07, 6.45) is 1.86. The molecule has 1 aromatic rings. The molecule has 0 aliphatic carbocycles. The summed E-state index contributed by atoms with van der Waals surface area (Å²) < 4.78 is 0. The molecule has 0 aromatic carbocycles. The normalized spacial score (nSPS) is 17.3. The van der Waals surface area contributed by atoms with Gasteiger partial charge in [-0.15, -0.1) is 11.3 Å². The van der Waals surface area contributed by atoms with Gasteiger partial charge in [-0.05, 0) is 19.4 Å². The molecule has 1 aromatic heterocycles. The molecule has 4 heteroatoms. The van der Waals surface area contributed by atoms with E-state index in [1.165, 1.54) is 5.01 Å². The molecule has 1 rings (SSSR count). The van der Waals surface area contributed by atoms with Gasteiger partial charge in [-0.3, -0.25) is 0 Å². The van der Waals surface area contributed by atoms with Crippen molar-refractivity contribution in [3.05, 3.63) is 16.6 Å². The van der Waals surface area contributed by atoms with Gasteiger partial charge in [0.2, 0.25) is 0 Å². The molecule has 3 atom stereocenters. The van der Waals surface area contributed by atoms with Crippen LogP contribution in [0.4, 0.5) is 0 Å². The summed E-state index contributed by atoms with van der Waals surface area (Å²) in [5, 5.41) is 6.67. The Morgan fingerprint density at radius 1 is 1.40 bits per heavy atom. The molecule has 3 unspecified atom stereocenters. The third kappa shape index (κ3) is 4.28. The zero-order chi connectivity index (χ0) is 11.3. The summed E-state index contributed by atoms with van der Waals surface area (Å²) in [5.74, 6) is 1.01. The number of rotatable bonds is 6. The van der Waals surface area contributed by atoms with E-state index >= 15 is 0 Å². The fraction of sp³-hybridized carbons (Fsp3) is 0.727. The monoisotopic (exact) mass is 227 g/mol. The Bertz CT molecular complexity index is 259. The van der Waals surface area contributed by atoms with Gasteiger partial charge in [-0.2, -0.15) is 0 Å². The van der Waals surface area contributed by atoms with E-state index in [0.29, 0.717) is 11.8 Å². The Balaban J connectivity index is 2.21. The van der Waals surface area contributed by atoms with E-state index in [4.69, 9.17) is 5.73 Å². The highest BCUT2D eigenvalue weighted by molar-refractivity contribution is 7.09. The van der Waals surface area contributed by atoms with Crippen LogP contribution in [0.3, 0.4) is 0 Å². The average molecular weight is 227 g/mol. The summed E-state index contributed by atoms with van der Waals surface area (Å²) >= 11 is 1.72. The lowest BCUT2D eigenvalue weighted by Crippen LogP contribution is -2.34. The van der Waals surface area contributed by atoms with Crippen molar-refractivity contribution in [2.75, 3.05) is 13.1 Å². The quantitative estimate of drug-likeness (QED) is 0.779. The van der Waals surface area contributed by atoms with Crippen LogP contribution in [-0.4, -0.2) is 24.1 Å². The van der Waals surface area contributed by atoms with Crippen molar-refractivity contribution >= 4 is 11.3 Å². The topological polar surface area (TPSA) is 50.9 Å². The number of nitrogens with one attached hydrogen (secondary N) is 1. The molecule has 0 saturated carbocycles. The van der Waals surface area contributed by atoms with Gasteiger partial charge in [0.25, 0.3) is 0 Å². The van der Waals surface area contributed by atoms with Gasteiger partial charge in [0, 0.05) is 30.1 Å². The average Bonchev–Trinajstić information content (AvgIpc) is 2.70. The van der Waals surface area contributed by atoms with E-state index in [9.17, 15) is 0 Å². The van der Waals surface area contributed by atoms with Crippen LogP contribution in [0.5, 0.6) is 0 Å². The van der Waals surface area contributed by atoms with Gasteiger partial charge in [0.1, 0.15) is 0 Å². The minimum absolute atomic E-state index is 0.257. The Morgan fingerprint density at radius 2 is 2.13 bits per heavy atom. The second kappa shape index (κ2) is 6.20. The van der Waals surface area contributed by atoms with E-state index in [0.717, 1.165) is 13.1 Å². The minimum atomic E-state index is 0.257. The molecule has 0 bridgehead atoms. The predicted octanol–water partition coefficient (Wildman–Crippen LogP) is 1.82. The van der Waals surface area contributed by atoms with Crippen LogP contribution in [0.25, 0.3) is 0 Å². The maximum absolute atomic E-state index is 5.80. The maximum Gasteiger partial charge on any atom is 0.0965 e. The van der Waals surface area contributed by atoms with Crippen LogP contribution in [0.1, 0.15) is 31.7 Å². The number of hydrogen-bond donors (Lipinski definition) is 2. The Labute approximate surface area is 96.1 Å². The molecule has 15 heavy (non-hydrogen) atoms. The van der Waals surface area contributed by atoms with E-state index in [1.54, 1.807) is 11.3 Å². The van der Waals surface area contributed by atoms with E-state index in [1.807, 2.05) is 11.6 Å². The summed E-state index contributed by atoms with van der Waals surface area (Å²) in [6.45, 7) is 8.38. The zero-order valence-electron chi connectivity index (χ0n) is 9.73.